The third-order valence-electron chi connectivity index (χ3n) is 4.37. The van der Waals surface area contributed by atoms with Crippen LogP contribution in [-0.4, -0.2) is 25.7 Å². The minimum atomic E-state index is -0.108. The van der Waals surface area contributed by atoms with Gasteiger partial charge in [0.15, 0.2) is 5.16 Å². The second-order valence-corrected chi connectivity index (χ2v) is 7.70. The van der Waals surface area contributed by atoms with Gasteiger partial charge in [0, 0.05) is 24.6 Å². The van der Waals surface area contributed by atoms with Crippen molar-refractivity contribution in [2.24, 2.45) is 0 Å². The van der Waals surface area contributed by atoms with Gasteiger partial charge in [0.1, 0.15) is 18.7 Å². The summed E-state index contributed by atoms with van der Waals surface area (Å²) in [6, 6.07) is 21.3. The number of thioether (sulfide) groups is 1. The Hall–Kier alpha value is -3.65. The molecule has 0 radical (unpaired) electrons. The fraction of sp³-hybridized carbons (Fsp3) is 0.130. The predicted octanol–water partition coefficient (Wildman–Crippen LogP) is 4.49. The van der Waals surface area contributed by atoms with Crippen molar-refractivity contribution < 1.29 is 9.53 Å². The Morgan fingerprint density at radius 3 is 2.74 bits per heavy atom. The number of pyridine rings is 1. The number of rotatable bonds is 8. The van der Waals surface area contributed by atoms with E-state index in [1.807, 2.05) is 71.3 Å². The summed E-state index contributed by atoms with van der Waals surface area (Å²) in [6.45, 7) is 1.93. The van der Waals surface area contributed by atoms with Gasteiger partial charge in [0.05, 0.1) is 11.4 Å². The van der Waals surface area contributed by atoms with Crippen molar-refractivity contribution in [1.82, 2.24) is 19.7 Å². The first-order valence-electron chi connectivity index (χ1n) is 9.70. The molecule has 2 aromatic heterocycles. The molecule has 8 heteroatoms. The average molecular weight is 432 g/mol. The van der Waals surface area contributed by atoms with Crippen LogP contribution in [0.4, 0.5) is 5.69 Å². The van der Waals surface area contributed by atoms with Gasteiger partial charge in [0.25, 0.3) is 0 Å². The second kappa shape index (κ2) is 9.90. The van der Waals surface area contributed by atoms with Crippen molar-refractivity contribution in [3.8, 4) is 11.4 Å². The molecule has 0 unspecified atom stereocenters. The number of nitrogens with one attached hydrogen (secondary N) is 1. The number of benzene rings is 2. The topological polar surface area (TPSA) is 81.9 Å². The molecule has 0 bridgehead atoms. The molecule has 0 atom stereocenters. The SMILES string of the molecule is CC(=O)Nc1cccc(-n2cnnc2SCc2ccc(OCc3ccccn3)cc2)c1. The Kier molecular flexibility index (Phi) is 6.59. The number of carbonyl (C=O) groups is 1. The maximum absolute atomic E-state index is 11.3. The zero-order valence-corrected chi connectivity index (χ0v) is 17.7. The van der Waals surface area contributed by atoms with Gasteiger partial charge in [-0.2, -0.15) is 0 Å². The van der Waals surface area contributed by atoms with Gasteiger partial charge in [0.2, 0.25) is 5.91 Å². The van der Waals surface area contributed by atoms with Crippen molar-refractivity contribution in [2.75, 3.05) is 5.32 Å². The van der Waals surface area contributed by atoms with Crippen LogP contribution in [0.2, 0.25) is 0 Å². The van der Waals surface area contributed by atoms with Crippen LogP contribution in [0.3, 0.4) is 0 Å². The summed E-state index contributed by atoms with van der Waals surface area (Å²) in [5.74, 6) is 1.44. The minimum absolute atomic E-state index is 0.108. The number of amides is 1. The number of nitrogens with zero attached hydrogens (tertiary/aromatic N) is 4. The summed E-state index contributed by atoms with van der Waals surface area (Å²) in [5, 5.41) is 11.9. The van der Waals surface area contributed by atoms with Gasteiger partial charge in [-0.1, -0.05) is 36.0 Å². The summed E-state index contributed by atoms with van der Waals surface area (Å²) >= 11 is 1.59. The zero-order chi connectivity index (χ0) is 21.5. The van der Waals surface area contributed by atoms with Gasteiger partial charge in [-0.05, 0) is 48.0 Å². The van der Waals surface area contributed by atoms with Crippen LogP contribution in [0.1, 0.15) is 18.2 Å². The van der Waals surface area contributed by atoms with E-state index in [0.29, 0.717) is 6.61 Å². The Labute approximate surface area is 184 Å². The summed E-state index contributed by atoms with van der Waals surface area (Å²) in [4.78, 5) is 15.6. The molecule has 1 amide bonds. The molecule has 0 aliphatic rings. The van der Waals surface area contributed by atoms with Gasteiger partial charge in [-0.3, -0.25) is 14.3 Å². The molecule has 7 nitrogen and oxygen atoms in total. The van der Waals surface area contributed by atoms with E-state index >= 15 is 0 Å². The van der Waals surface area contributed by atoms with Crippen molar-refractivity contribution >= 4 is 23.4 Å². The Morgan fingerprint density at radius 2 is 1.97 bits per heavy atom. The fourth-order valence-electron chi connectivity index (χ4n) is 2.91. The average Bonchev–Trinajstić information content (AvgIpc) is 3.26. The van der Waals surface area contributed by atoms with Crippen LogP contribution >= 0.6 is 11.8 Å². The highest BCUT2D eigenvalue weighted by Crippen LogP contribution is 2.25. The Bertz CT molecular complexity index is 1150. The van der Waals surface area contributed by atoms with Gasteiger partial charge in [-0.15, -0.1) is 10.2 Å². The lowest BCUT2D eigenvalue weighted by atomic mass is 10.2. The third-order valence-corrected chi connectivity index (χ3v) is 5.38. The summed E-state index contributed by atoms with van der Waals surface area (Å²) in [5.41, 5.74) is 3.66. The van der Waals surface area contributed by atoms with E-state index in [2.05, 4.69) is 20.5 Å². The summed E-state index contributed by atoms with van der Waals surface area (Å²) in [7, 11) is 0. The molecule has 0 saturated carbocycles. The lowest BCUT2D eigenvalue weighted by Gasteiger charge is -2.09. The first-order chi connectivity index (χ1) is 15.2. The minimum Gasteiger partial charge on any atom is -0.487 e. The van der Waals surface area contributed by atoms with Gasteiger partial charge >= 0.3 is 0 Å². The largest absolute Gasteiger partial charge is 0.487 e. The quantitative estimate of drug-likeness (QED) is 0.414. The third kappa shape index (κ3) is 5.70. The Balaban J connectivity index is 1.37. The molecule has 31 heavy (non-hydrogen) atoms. The highest BCUT2D eigenvalue weighted by atomic mass is 32.2. The maximum Gasteiger partial charge on any atom is 0.221 e. The lowest BCUT2D eigenvalue weighted by molar-refractivity contribution is -0.114. The highest BCUT2D eigenvalue weighted by Gasteiger charge is 2.09. The molecule has 0 fully saturated rings. The van der Waals surface area contributed by atoms with Crippen molar-refractivity contribution in [3.63, 3.8) is 0 Å². The number of hydrogen-bond donors (Lipinski definition) is 1. The smallest absolute Gasteiger partial charge is 0.221 e. The van der Waals surface area contributed by atoms with E-state index in [9.17, 15) is 4.79 Å². The van der Waals surface area contributed by atoms with Crippen molar-refractivity contribution in [2.45, 2.75) is 24.4 Å². The van der Waals surface area contributed by atoms with E-state index in [0.717, 1.165) is 39.3 Å². The molecular formula is C23H21N5O2S. The Morgan fingerprint density at radius 1 is 1.10 bits per heavy atom. The molecule has 2 heterocycles. The molecule has 0 saturated heterocycles. The van der Waals surface area contributed by atoms with Crippen molar-refractivity contribution in [1.29, 1.82) is 0 Å². The zero-order valence-electron chi connectivity index (χ0n) is 16.9. The van der Waals surface area contributed by atoms with E-state index < -0.39 is 0 Å². The van der Waals surface area contributed by atoms with E-state index in [1.165, 1.54) is 6.92 Å². The summed E-state index contributed by atoms with van der Waals surface area (Å²) in [6.07, 6.45) is 3.43. The fourth-order valence-corrected chi connectivity index (χ4v) is 3.79. The van der Waals surface area contributed by atoms with E-state index in [1.54, 1.807) is 24.3 Å². The number of ether oxygens (including phenoxy) is 1. The molecule has 4 aromatic rings. The maximum atomic E-state index is 11.3. The molecule has 4 rings (SSSR count). The van der Waals surface area contributed by atoms with Crippen LogP contribution in [-0.2, 0) is 17.2 Å². The van der Waals surface area contributed by atoms with E-state index in [-0.39, 0.29) is 5.91 Å². The second-order valence-electron chi connectivity index (χ2n) is 6.76. The molecule has 2 aromatic carbocycles. The highest BCUT2D eigenvalue weighted by molar-refractivity contribution is 7.98. The monoisotopic (exact) mass is 431 g/mol. The summed E-state index contributed by atoms with van der Waals surface area (Å²) < 4.78 is 7.69. The molecule has 1 N–H and O–H groups in total. The molecule has 156 valence electrons. The van der Waals surface area contributed by atoms with Crippen LogP contribution in [0.5, 0.6) is 5.75 Å². The molecular weight excluding hydrogens is 410 g/mol. The van der Waals surface area contributed by atoms with Gasteiger partial charge < -0.3 is 10.1 Å². The normalized spacial score (nSPS) is 10.6. The number of aromatic nitrogens is 4. The van der Waals surface area contributed by atoms with Crippen LogP contribution in [0.15, 0.2) is 84.4 Å². The lowest BCUT2D eigenvalue weighted by Crippen LogP contribution is -2.06. The van der Waals surface area contributed by atoms with Gasteiger partial charge in [-0.25, -0.2) is 0 Å². The standard InChI is InChI=1S/C23H21N5O2S/c1-17(29)26-19-6-4-7-21(13-19)28-16-25-27-23(28)31-15-18-8-10-22(11-9-18)30-14-20-5-2-3-12-24-20/h2-13,16H,14-15H2,1H3,(H,26,29). The molecule has 0 aliphatic heterocycles. The number of hydrogen-bond acceptors (Lipinski definition) is 6. The number of anilines is 1. The van der Waals surface area contributed by atoms with E-state index in [4.69, 9.17) is 4.74 Å². The van der Waals surface area contributed by atoms with Crippen LogP contribution in [0.25, 0.3) is 5.69 Å². The molecule has 0 spiro atoms. The predicted molar refractivity (Wildman–Crippen MR) is 120 cm³/mol. The van der Waals surface area contributed by atoms with Crippen LogP contribution in [0, 0.1) is 0 Å². The number of carbonyl (C=O) groups excluding carboxylic acids is 1. The van der Waals surface area contributed by atoms with Crippen LogP contribution < -0.4 is 10.1 Å². The van der Waals surface area contributed by atoms with Crippen molar-refractivity contribution in [3.05, 3.63) is 90.5 Å². The first-order valence-corrected chi connectivity index (χ1v) is 10.7. The molecule has 0 aliphatic carbocycles. The first kappa shape index (κ1) is 20.6.